The van der Waals surface area contributed by atoms with E-state index in [0.717, 1.165) is 24.5 Å². The molecule has 0 saturated heterocycles. The first kappa shape index (κ1) is 39.7. The fraction of sp³-hybridized carbons (Fsp3) is 0.261. The van der Waals surface area contributed by atoms with Gasteiger partial charge in [0.2, 0.25) is 12.2 Å². The molecule has 316 valence electrons. The number of nitrogens with zero attached hydrogens (tertiary/aromatic N) is 5. The number of halogens is 4. The molecule has 0 bridgehead atoms. The number of carbonyl (C=O) groups is 2. The van der Waals surface area contributed by atoms with Gasteiger partial charge in [-0.2, -0.15) is 0 Å². The molecule has 0 radical (unpaired) electrons. The Morgan fingerprint density at radius 1 is 0.726 bits per heavy atom. The van der Waals surface area contributed by atoms with Gasteiger partial charge >= 0.3 is 0 Å². The average molecular weight is 880 g/mol. The molecule has 0 saturated carbocycles. The molecule has 6 heterocycles. The predicted octanol–water partition coefficient (Wildman–Crippen LogP) is 8.31. The second-order valence-corrected chi connectivity index (χ2v) is 16.7. The van der Waals surface area contributed by atoms with Gasteiger partial charge in [-0.3, -0.25) is 28.5 Å². The van der Waals surface area contributed by atoms with E-state index >= 15 is 8.78 Å². The Morgan fingerprint density at radius 2 is 1.34 bits per heavy atom. The van der Waals surface area contributed by atoms with Crippen molar-refractivity contribution in [2.24, 2.45) is 5.92 Å². The van der Waals surface area contributed by atoms with E-state index in [4.69, 9.17) is 32.7 Å². The van der Waals surface area contributed by atoms with Crippen molar-refractivity contribution in [3.8, 4) is 33.8 Å². The van der Waals surface area contributed by atoms with Gasteiger partial charge in [0, 0.05) is 67.1 Å². The monoisotopic (exact) mass is 878 g/mol. The fourth-order valence-electron chi connectivity index (χ4n) is 9.08. The van der Waals surface area contributed by atoms with Crippen molar-refractivity contribution in [3.63, 3.8) is 0 Å². The lowest BCUT2D eigenvalue weighted by Crippen LogP contribution is -2.41. The van der Waals surface area contributed by atoms with Crippen LogP contribution in [0.2, 0.25) is 10.3 Å². The van der Waals surface area contributed by atoms with Crippen molar-refractivity contribution >= 4 is 46.4 Å². The Labute approximate surface area is 363 Å². The Hall–Kier alpha value is -6.38. The van der Waals surface area contributed by atoms with E-state index in [1.807, 2.05) is 18.2 Å². The van der Waals surface area contributed by atoms with Crippen LogP contribution in [0.15, 0.2) is 101 Å². The quantitative estimate of drug-likeness (QED) is 0.154. The summed E-state index contributed by atoms with van der Waals surface area (Å²) in [6, 6.07) is 21.4. The number of benzene rings is 4. The predicted molar refractivity (Wildman–Crippen MR) is 230 cm³/mol. The highest BCUT2D eigenvalue weighted by Crippen LogP contribution is 2.44. The molecule has 0 spiro atoms. The summed E-state index contributed by atoms with van der Waals surface area (Å²) in [5.74, 6) is -1.92. The van der Waals surface area contributed by atoms with E-state index < -0.39 is 35.3 Å². The largest absolute Gasteiger partial charge is 0.474 e. The summed E-state index contributed by atoms with van der Waals surface area (Å²) in [7, 11) is 0. The number of amides is 2. The minimum Gasteiger partial charge on any atom is -0.474 e. The number of aromatic nitrogens is 4. The number of carbonyl (C=O) groups excluding carboxylic acids is 2. The summed E-state index contributed by atoms with van der Waals surface area (Å²) in [6.07, 6.45) is 2.47. The molecule has 0 aliphatic carbocycles. The molecule has 4 aromatic carbocycles. The molecule has 2 aromatic heterocycles. The van der Waals surface area contributed by atoms with Crippen LogP contribution in [0.1, 0.15) is 48.2 Å². The topological polar surface area (TPSA) is 122 Å². The number of fused-ring (bicyclic) bond motifs is 4. The van der Waals surface area contributed by atoms with Crippen LogP contribution in [-0.2, 0) is 42.2 Å². The van der Waals surface area contributed by atoms with Crippen LogP contribution in [0.25, 0.3) is 22.3 Å². The van der Waals surface area contributed by atoms with E-state index in [1.165, 1.54) is 32.5 Å². The highest BCUT2D eigenvalue weighted by atomic mass is 35.5. The number of anilines is 2. The van der Waals surface area contributed by atoms with Gasteiger partial charge in [0.05, 0.1) is 22.5 Å². The molecule has 62 heavy (non-hydrogen) atoms. The molecule has 3 unspecified atom stereocenters. The number of hydrogen-bond acceptors (Lipinski definition) is 6. The zero-order chi connectivity index (χ0) is 43.0. The van der Waals surface area contributed by atoms with Crippen molar-refractivity contribution < 1.29 is 27.8 Å². The molecular weight excluding hydrogens is 841 g/mol. The van der Waals surface area contributed by atoms with E-state index in [2.05, 4.69) is 11.9 Å². The second-order valence-electron chi connectivity index (χ2n) is 16.0. The standard InChI is InChI=1S/C46H38Cl2F2N6O6/c1-2-15-52-34-21-30(38-41(47)53-16-6-7-17-55(53)44(38)58)32(50)23-36(34)62-40(46(52)60)28-12-10-25(11-13-28)19-26-14-18-54-42(48)37(45(59)56(54)24-26)29-20-33-35(22-31(29)49)61-39(43(57)51-33)27-8-4-3-5-9-27/h2-5,8-13,20-23,26,39-40H,1,6-7,14-19,24H2,(H,51,57). The highest BCUT2D eigenvalue weighted by Gasteiger charge is 2.38. The molecule has 16 heteroatoms. The summed E-state index contributed by atoms with van der Waals surface area (Å²) in [4.78, 5) is 55.8. The van der Waals surface area contributed by atoms with Crippen molar-refractivity contribution in [2.75, 3.05) is 16.8 Å². The lowest BCUT2D eigenvalue weighted by molar-refractivity contribution is -0.126. The molecule has 0 fully saturated rings. The van der Waals surface area contributed by atoms with Gasteiger partial charge in [-0.15, -0.1) is 6.58 Å². The van der Waals surface area contributed by atoms with Crippen LogP contribution in [0.4, 0.5) is 20.2 Å². The molecule has 12 nitrogen and oxygen atoms in total. The number of hydrogen-bond donors (Lipinski definition) is 1. The molecular formula is C46H38Cl2F2N6O6. The van der Waals surface area contributed by atoms with Gasteiger partial charge in [-0.25, -0.2) is 18.1 Å². The van der Waals surface area contributed by atoms with E-state index in [0.29, 0.717) is 55.8 Å². The van der Waals surface area contributed by atoms with Crippen LogP contribution in [-0.4, -0.2) is 37.1 Å². The van der Waals surface area contributed by atoms with Gasteiger partial charge in [0.1, 0.15) is 33.4 Å². The summed E-state index contributed by atoms with van der Waals surface area (Å²) in [5, 5.41) is 3.04. The molecule has 2 amide bonds. The number of rotatable bonds is 8. The molecule has 4 aliphatic rings. The van der Waals surface area contributed by atoms with Crippen molar-refractivity contribution in [2.45, 2.75) is 64.1 Å². The van der Waals surface area contributed by atoms with Crippen LogP contribution in [0.5, 0.6) is 11.5 Å². The molecule has 4 aliphatic heterocycles. The lowest BCUT2D eigenvalue weighted by atomic mass is 9.94. The van der Waals surface area contributed by atoms with Crippen molar-refractivity contribution in [3.05, 3.63) is 151 Å². The third kappa shape index (κ3) is 6.54. The third-order valence-corrected chi connectivity index (χ3v) is 12.9. The van der Waals surface area contributed by atoms with E-state index in [-0.39, 0.29) is 73.7 Å². The summed E-state index contributed by atoms with van der Waals surface area (Å²) >= 11 is 13.4. The smallest absolute Gasteiger partial charge is 0.276 e. The molecule has 10 rings (SSSR count). The zero-order valence-electron chi connectivity index (χ0n) is 33.1. The number of nitrogens with one attached hydrogen (secondary N) is 1. The lowest BCUT2D eigenvalue weighted by Gasteiger charge is -2.34. The summed E-state index contributed by atoms with van der Waals surface area (Å²) < 4.78 is 50.1. The first-order valence-electron chi connectivity index (χ1n) is 20.4. The zero-order valence-corrected chi connectivity index (χ0v) is 34.6. The maximum Gasteiger partial charge on any atom is 0.276 e. The maximum atomic E-state index is 15.9. The van der Waals surface area contributed by atoms with Crippen molar-refractivity contribution in [1.29, 1.82) is 0 Å². The Balaban J connectivity index is 0.865. The number of ether oxygens (including phenoxy) is 2. The third-order valence-electron chi connectivity index (χ3n) is 12.2. The maximum absolute atomic E-state index is 15.9. The summed E-state index contributed by atoms with van der Waals surface area (Å²) in [5.41, 5.74) is 1.81. The first-order chi connectivity index (χ1) is 30.0. The van der Waals surface area contributed by atoms with Crippen molar-refractivity contribution in [1.82, 2.24) is 18.7 Å². The average Bonchev–Trinajstić information content (AvgIpc) is 3.67. The Kier molecular flexibility index (Phi) is 9.94. The SMILES string of the molecule is C=CCN1C(=O)C(c2ccc(CC3CCn4c(Cl)c(-c5cc6c(cc5F)OC(c5ccccc5)C(=O)N6)c(=O)n4C3)cc2)Oc2cc(F)c(-c3c(Cl)n4n(c3=O)CCCC4)cc21. The minimum atomic E-state index is -1.08. The van der Waals surface area contributed by atoms with Gasteiger partial charge in [-0.05, 0) is 49.3 Å². The minimum absolute atomic E-state index is 0.00152. The van der Waals surface area contributed by atoms with Crippen LogP contribution >= 0.6 is 23.2 Å². The Bertz CT molecular complexity index is 2960. The van der Waals surface area contributed by atoms with E-state index in [1.54, 1.807) is 51.8 Å². The first-order valence-corrected chi connectivity index (χ1v) is 21.1. The van der Waals surface area contributed by atoms with Gasteiger partial charge in [0.15, 0.2) is 0 Å². The fourth-order valence-corrected chi connectivity index (χ4v) is 9.80. The normalized spacial score (nSPS) is 19.1. The van der Waals surface area contributed by atoms with Crippen LogP contribution < -0.4 is 30.8 Å². The van der Waals surface area contributed by atoms with Gasteiger partial charge < -0.3 is 19.7 Å². The van der Waals surface area contributed by atoms with Gasteiger partial charge in [-0.1, -0.05) is 83.9 Å². The second kappa shape index (κ2) is 15.5. The molecule has 6 aromatic rings. The van der Waals surface area contributed by atoms with Crippen LogP contribution in [0.3, 0.4) is 0 Å². The van der Waals surface area contributed by atoms with E-state index in [9.17, 15) is 19.2 Å². The summed E-state index contributed by atoms with van der Waals surface area (Å²) in [6.45, 7) is 5.70. The highest BCUT2D eigenvalue weighted by molar-refractivity contribution is 6.32. The van der Waals surface area contributed by atoms with Crippen LogP contribution in [0, 0.1) is 17.6 Å². The molecule has 3 atom stereocenters. The Morgan fingerprint density at radius 3 is 2.03 bits per heavy atom. The molecule has 1 N–H and O–H groups in total. The van der Waals surface area contributed by atoms with Gasteiger partial charge in [0.25, 0.3) is 22.9 Å².